The van der Waals surface area contributed by atoms with Crippen molar-refractivity contribution in [2.24, 2.45) is 5.41 Å². The molecule has 1 rings (SSSR count). The minimum atomic E-state index is -0.612. The normalized spacial score (nSPS) is 15.4. The first-order valence-electron chi connectivity index (χ1n) is 6.27. The third-order valence-corrected chi connectivity index (χ3v) is 2.86. The van der Waals surface area contributed by atoms with Crippen molar-refractivity contribution in [3.8, 4) is 0 Å². The first-order valence-corrected chi connectivity index (χ1v) is 6.27. The molecular formula is C15H24O3. The van der Waals surface area contributed by atoms with Gasteiger partial charge in [-0.25, -0.2) is 0 Å². The number of hydrogen-bond acceptors (Lipinski definition) is 3. The lowest BCUT2D eigenvalue weighted by atomic mass is 9.86. The molecule has 1 aromatic carbocycles. The van der Waals surface area contributed by atoms with Gasteiger partial charge in [0.2, 0.25) is 0 Å². The van der Waals surface area contributed by atoms with Gasteiger partial charge >= 0.3 is 0 Å². The lowest BCUT2D eigenvalue weighted by Gasteiger charge is -2.33. The smallest absolute Gasteiger partial charge is 0.104 e. The van der Waals surface area contributed by atoms with Gasteiger partial charge in [-0.1, -0.05) is 51.1 Å². The second-order valence-electron chi connectivity index (χ2n) is 5.59. The van der Waals surface area contributed by atoms with Crippen molar-refractivity contribution in [2.75, 3.05) is 13.7 Å². The van der Waals surface area contributed by atoms with E-state index in [4.69, 9.17) is 9.47 Å². The van der Waals surface area contributed by atoms with Crippen molar-refractivity contribution in [2.45, 2.75) is 39.6 Å². The SMILES string of the molecule is CO[C@H]([C@@H](O)COCc1ccccc1)C(C)(C)C. The van der Waals surface area contributed by atoms with Gasteiger partial charge in [0, 0.05) is 7.11 Å². The summed E-state index contributed by atoms with van der Waals surface area (Å²) in [5, 5.41) is 10.1. The topological polar surface area (TPSA) is 38.7 Å². The molecule has 0 heterocycles. The van der Waals surface area contributed by atoms with Crippen molar-refractivity contribution < 1.29 is 14.6 Å². The number of rotatable bonds is 6. The fourth-order valence-electron chi connectivity index (χ4n) is 2.05. The number of methoxy groups -OCH3 is 1. The Bertz CT molecular complexity index is 329. The highest BCUT2D eigenvalue weighted by atomic mass is 16.5. The molecule has 0 saturated carbocycles. The van der Waals surface area contributed by atoms with Crippen molar-refractivity contribution in [1.82, 2.24) is 0 Å². The molecule has 0 bridgehead atoms. The van der Waals surface area contributed by atoms with E-state index in [-0.39, 0.29) is 18.1 Å². The Morgan fingerprint density at radius 2 is 1.78 bits per heavy atom. The van der Waals surface area contributed by atoms with Crippen LogP contribution in [0.1, 0.15) is 26.3 Å². The van der Waals surface area contributed by atoms with Crippen LogP contribution in [0.15, 0.2) is 30.3 Å². The zero-order valence-corrected chi connectivity index (χ0v) is 11.7. The molecule has 1 aromatic rings. The quantitative estimate of drug-likeness (QED) is 0.846. The van der Waals surface area contributed by atoms with Gasteiger partial charge in [0.25, 0.3) is 0 Å². The highest BCUT2D eigenvalue weighted by Gasteiger charge is 2.31. The van der Waals surface area contributed by atoms with Crippen LogP contribution in [0.25, 0.3) is 0 Å². The van der Waals surface area contributed by atoms with Gasteiger partial charge in [0.15, 0.2) is 0 Å². The Hall–Kier alpha value is -0.900. The lowest BCUT2D eigenvalue weighted by molar-refractivity contribution is -0.101. The summed E-state index contributed by atoms with van der Waals surface area (Å²) in [6.45, 7) is 6.92. The Morgan fingerprint density at radius 1 is 1.17 bits per heavy atom. The number of ether oxygens (including phenoxy) is 2. The van der Waals surface area contributed by atoms with E-state index >= 15 is 0 Å². The minimum absolute atomic E-state index is 0.107. The average molecular weight is 252 g/mol. The molecule has 0 aliphatic heterocycles. The largest absolute Gasteiger partial charge is 0.388 e. The fraction of sp³-hybridized carbons (Fsp3) is 0.600. The number of hydrogen-bond donors (Lipinski definition) is 1. The van der Waals surface area contributed by atoms with Crippen LogP contribution >= 0.6 is 0 Å². The Balaban J connectivity index is 2.39. The maximum Gasteiger partial charge on any atom is 0.104 e. The molecule has 0 fully saturated rings. The number of aliphatic hydroxyl groups is 1. The summed E-state index contributed by atoms with van der Waals surface area (Å²) in [6.07, 6.45) is -0.841. The molecule has 0 aliphatic carbocycles. The Kier molecular flexibility index (Phi) is 5.79. The molecule has 0 radical (unpaired) electrons. The van der Waals surface area contributed by atoms with E-state index in [2.05, 4.69) is 0 Å². The molecule has 3 heteroatoms. The Morgan fingerprint density at radius 3 is 2.28 bits per heavy atom. The van der Waals surface area contributed by atoms with Crippen LogP contribution < -0.4 is 0 Å². The maximum atomic E-state index is 10.1. The maximum absolute atomic E-state index is 10.1. The Labute approximate surface area is 110 Å². The summed E-state index contributed by atoms with van der Waals surface area (Å²) in [5.41, 5.74) is 0.999. The van der Waals surface area contributed by atoms with Gasteiger partial charge in [0.05, 0.1) is 19.3 Å². The lowest BCUT2D eigenvalue weighted by Crippen LogP contribution is -2.41. The van der Waals surface area contributed by atoms with Crippen LogP contribution in [0.5, 0.6) is 0 Å². The minimum Gasteiger partial charge on any atom is -0.388 e. The van der Waals surface area contributed by atoms with Crippen LogP contribution in [-0.4, -0.2) is 31.0 Å². The second kappa shape index (κ2) is 6.88. The molecule has 1 N–H and O–H groups in total. The van der Waals surface area contributed by atoms with Gasteiger partial charge in [-0.05, 0) is 11.0 Å². The standard InChI is InChI=1S/C15H24O3/c1-15(2,3)14(17-4)13(16)11-18-10-12-8-6-5-7-9-12/h5-9,13-14,16H,10-11H2,1-4H3/t13-,14+/m0/s1. The first-order chi connectivity index (χ1) is 8.45. The summed E-state index contributed by atoms with van der Waals surface area (Å²) in [4.78, 5) is 0. The van der Waals surface area contributed by atoms with Crippen molar-refractivity contribution in [3.63, 3.8) is 0 Å². The molecule has 0 unspecified atom stereocenters. The molecule has 0 saturated heterocycles. The highest BCUT2D eigenvalue weighted by Crippen LogP contribution is 2.24. The van der Waals surface area contributed by atoms with Crippen LogP contribution in [0.3, 0.4) is 0 Å². The van der Waals surface area contributed by atoms with E-state index < -0.39 is 6.10 Å². The van der Waals surface area contributed by atoms with Crippen LogP contribution in [0.4, 0.5) is 0 Å². The number of benzene rings is 1. The van der Waals surface area contributed by atoms with Crippen molar-refractivity contribution >= 4 is 0 Å². The molecule has 0 aliphatic rings. The van der Waals surface area contributed by atoms with E-state index in [1.165, 1.54) is 0 Å². The molecule has 0 aromatic heterocycles. The summed E-state index contributed by atoms with van der Waals surface area (Å²) < 4.78 is 10.9. The molecule has 0 amide bonds. The second-order valence-corrected chi connectivity index (χ2v) is 5.59. The summed E-state index contributed by atoms with van der Waals surface area (Å²) >= 11 is 0. The van der Waals surface area contributed by atoms with Gasteiger partial charge in [-0.2, -0.15) is 0 Å². The van der Waals surface area contributed by atoms with E-state index in [0.717, 1.165) is 5.56 Å². The van der Waals surface area contributed by atoms with Crippen molar-refractivity contribution in [3.05, 3.63) is 35.9 Å². The summed E-state index contributed by atoms with van der Waals surface area (Å²) in [7, 11) is 1.62. The predicted molar refractivity (Wildman–Crippen MR) is 72.4 cm³/mol. The third kappa shape index (κ3) is 4.77. The van der Waals surface area contributed by atoms with Crippen LogP contribution in [0, 0.1) is 5.41 Å². The van der Waals surface area contributed by atoms with E-state index in [1.54, 1.807) is 7.11 Å². The van der Waals surface area contributed by atoms with Gasteiger partial charge in [-0.3, -0.25) is 0 Å². The van der Waals surface area contributed by atoms with Gasteiger partial charge in [0.1, 0.15) is 6.10 Å². The zero-order chi connectivity index (χ0) is 13.6. The first kappa shape index (κ1) is 15.2. The van der Waals surface area contributed by atoms with E-state index in [0.29, 0.717) is 6.61 Å². The van der Waals surface area contributed by atoms with E-state index in [9.17, 15) is 5.11 Å². The monoisotopic (exact) mass is 252 g/mol. The van der Waals surface area contributed by atoms with Crippen molar-refractivity contribution in [1.29, 1.82) is 0 Å². The predicted octanol–water partition coefficient (Wildman–Crippen LogP) is 2.63. The van der Waals surface area contributed by atoms with Gasteiger partial charge in [-0.15, -0.1) is 0 Å². The van der Waals surface area contributed by atoms with E-state index in [1.807, 2.05) is 51.1 Å². The molecular weight excluding hydrogens is 228 g/mol. The number of aliphatic hydroxyl groups excluding tert-OH is 1. The summed E-state index contributed by atoms with van der Waals surface area (Å²) in [5.74, 6) is 0. The fourth-order valence-corrected chi connectivity index (χ4v) is 2.05. The third-order valence-electron chi connectivity index (χ3n) is 2.86. The average Bonchev–Trinajstić information content (AvgIpc) is 2.29. The highest BCUT2D eigenvalue weighted by molar-refractivity contribution is 5.13. The molecule has 3 nitrogen and oxygen atoms in total. The van der Waals surface area contributed by atoms with Gasteiger partial charge < -0.3 is 14.6 Å². The van der Waals surface area contributed by atoms with Crippen LogP contribution in [-0.2, 0) is 16.1 Å². The molecule has 2 atom stereocenters. The molecule has 102 valence electrons. The molecule has 18 heavy (non-hydrogen) atoms. The molecule has 0 spiro atoms. The van der Waals surface area contributed by atoms with Crippen LogP contribution in [0.2, 0.25) is 0 Å². The zero-order valence-electron chi connectivity index (χ0n) is 11.7. The summed E-state index contributed by atoms with van der Waals surface area (Å²) in [6, 6.07) is 9.93.